The Morgan fingerprint density at radius 3 is 2.58 bits per heavy atom. The van der Waals surface area contributed by atoms with Crippen LogP contribution in [0.2, 0.25) is 0 Å². The molecule has 0 radical (unpaired) electrons. The zero-order valence-electron chi connectivity index (χ0n) is 11.3. The maximum atomic E-state index is 11.6. The van der Waals surface area contributed by atoms with Crippen LogP contribution in [0.1, 0.15) is 30.4 Å². The third-order valence-electron chi connectivity index (χ3n) is 2.73. The molecule has 0 aliphatic rings. The van der Waals surface area contributed by atoms with E-state index in [-0.39, 0.29) is 12.5 Å². The Morgan fingerprint density at radius 1 is 1.21 bits per heavy atom. The van der Waals surface area contributed by atoms with Crippen LogP contribution in [0.5, 0.6) is 0 Å². The van der Waals surface area contributed by atoms with E-state index in [0.717, 1.165) is 16.8 Å². The number of carbonyl (C=O) groups excluding carboxylic acids is 1. The molecule has 0 bridgehead atoms. The summed E-state index contributed by atoms with van der Waals surface area (Å²) in [6, 6.07) is 5.55. The summed E-state index contributed by atoms with van der Waals surface area (Å²) < 4.78 is 0. The Bertz CT molecular complexity index is 458. The molecule has 0 aliphatic heterocycles. The largest absolute Gasteiger partial charge is 0.481 e. The first-order valence-electron chi connectivity index (χ1n) is 6.33. The predicted molar refractivity (Wildman–Crippen MR) is 74.4 cm³/mol. The van der Waals surface area contributed by atoms with Gasteiger partial charge in [-0.1, -0.05) is 17.7 Å². The maximum absolute atomic E-state index is 11.6. The molecule has 0 fully saturated rings. The molecule has 0 atom stereocenters. The summed E-state index contributed by atoms with van der Waals surface area (Å²) in [4.78, 5) is 21.9. The third kappa shape index (κ3) is 5.90. The van der Waals surface area contributed by atoms with Gasteiger partial charge in [0.2, 0.25) is 0 Å². The van der Waals surface area contributed by atoms with Gasteiger partial charge in [-0.15, -0.1) is 0 Å². The summed E-state index contributed by atoms with van der Waals surface area (Å²) in [6.07, 6.45) is 1.37. The Labute approximate surface area is 113 Å². The van der Waals surface area contributed by atoms with Gasteiger partial charge in [0.1, 0.15) is 0 Å². The quantitative estimate of drug-likeness (QED) is 0.691. The van der Waals surface area contributed by atoms with Crippen LogP contribution >= 0.6 is 0 Å². The van der Waals surface area contributed by atoms with Crippen molar-refractivity contribution in [2.24, 2.45) is 0 Å². The number of aryl methyl sites for hydroxylation is 2. The van der Waals surface area contributed by atoms with Gasteiger partial charge in [-0.3, -0.25) is 4.79 Å². The van der Waals surface area contributed by atoms with Crippen LogP contribution in [-0.2, 0) is 4.79 Å². The van der Waals surface area contributed by atoms with Crippen LogP contribution in [0.25, 0.3) is 0 Å². The van der Waals surface area contributed by atoms with E-state index in [2.05, 4.69) is 10.6 Å². The molecule has 0 spiro atoms. The number of carboxylic acid groups (broad SMARTS) is 1. The molecule has 0 saturated carbocycles. The van der Waals surface area contributed by atoms with Crippen molar-refractivity contribution in [3.63, 3.8) is 0 Å². The monoisotopic (exact) mass is 264 g/mol. The SMILES string of the molecule is Cc1ccc(NC(=O)NCCCCC(=O)O)c(C)c1. The van der Waals surface area contributed by atoms with E-state index < -0.39 is 5.97 Å². The number of hydrogen-bond acceptors (Lipinski definition) is 2. The Morgan fingerprint density at radius 2 is 1.95 bits per heavy atom. The van der Waals surface area contributed by atoms with Crippen molar-refractivity contribution in [1.29, 1.82) is 0 Å². The first-order valence-corrected chi connectivity index (χ1v) is 6.33. The number of amides is 2. The van der Waals surface area contributed by atoms with Gasteiger partial charge in [-0.05, 0) is 38.3 Å². The van der Waals surface area contributed by atoms with Crippen LogP contribution < -0.4 is 10.6 Å². The van der Waals surface area contributed by atoms with Crippen LogP contribution in [0, 0.1) is 13.8 Å². The average Bonchev–Trinajstić information content (AvgIpc) is 2.32. The van der Waals surface area contributed by atoms with Gasteiger partial charge in [0.05, 0.1) is 0 Å². The first kappa shape index (κ1) is 15.0. The fourth-order valence-electron chi connectivity index (χ4n) is 1.72. The van der Waals surface area contributed by atoms with Crippen molar-refractivity contribution < 1.29 is 14.7 Å². The molecular weight excluding hydrogens is 244 g/mol. The number of carbonyl (C=O) groups is 2. The van der Waals surface area contributed by atoms with E-state index >= 15 is 0 Å². The smallest absolute Gasteiger partial charge is 0.319 e. The van der Waals surface area contributed by atoms with Crippen LogP contribution in [0.4, 0.5) is 10.5 Å². The molecule has 5 heteroatoms. The molecule has 0 saturated heterocycles. The Hall–Kier alpha value is -2.04. The lowest BCUT2D eigenvalue weighted by molar-refractivity contribution is -0.137. The van der Waals surface area contributed by atoms with E-state index in [1.165, 1.54) is 0 Å². The van der Waals surface area contributed by atoms with Gasteiger partial charge in [-0.2, -0.15) is 0 Å². The molecule has 3 N–H and O–H groups in total. The molecule has 0 aromatic heterocycles. The zero-order valence-corrected chi connectivity index (χ0v) is 11.3. The second-order valence-corrected chi connectivity index (χ2v) is 4.55. The molecule has 0 aliphatic carbocycles. The highest BCUT2D eigenvalue weighted by atomic mass is 16.4. The van der Waals surface area contributed by atoms with Crippen LogP contribution in [-0.4, -0.2) is 23.7 Å². The summed E-state index contributed by atoms with van der Waals surface area (Å²) in [5, 5.41) is 13.9. The fraction of sp³-hybridized carbons (Fsp3) is 0.429. The number of unbranched alkanes of at least 4 members (excludes halogenated alkanes) is 1. The summed E-state index contributed by atoms with van der Waals surface area (Å²) in [6.45, 7) is 4.42. The van der Waals surface area contributed by atoms with E-state index in [9.17, 15) is 9.59 Å². The highest BCUT2D eigenvalue weighted by Gasteiger charge is 2.04. The molecule has 5 nitrogen and oxygen atoms in total. The maximum Gasteiger partial charge on any atom is 0.319 e. The average molecular weight is 264 g/mol. The minimum atomic E-state index is -0.806. The lowest BCUT2D eigenvalue weighted by Gasteiger charge is -2.10. The second kappa shape index (κ2) is 7.41. The number of benzene rings is 1. The molecule has 0 heterocycles. The minimum absolute atomic E-state index is 0.139. The number of carboxylic acids is 1. The molecule has 1 rings (SSSR count). The fourth-order valence-corrected chi connectivity index (χ4v) is 1.72. The van der Waals surface area contributed by atoms with Crippen molar-refractivity contribution in [1.82, 2.24) is 5.32 Å². The summed E-state index contributed by atoms with van der Waals surface area (Å²) >= 11 is 0. The topological polar surface area (TPSA) is 78.4 Å². The Balaban J connectivity index is 2.29. The van der Waals surface area contributed by atoms with Gasteiger partial charge >= 0.3 is 12.0 Å². The molecule has 1 aromatic rings. The number of urea groups is 1. The van der Waals surface area contributed by atoms with E-state index in [0.29, 0.717) is 19.4 Å². The van der Waals surface area contributed by atoms with Gasteiger partial charge in [-0.25, -0.2) is 4.79 Å². The van der Waals surface area contributed by atoms with Crippen molar-refractivity contribution in [2.75, 3.05) is 11.9 Å². The number of rotatable bonds is 6. The molecule has 1 aromatic carbocycles. The molecular formula is C14H20N2O3. The van der Waals surface area contributed by atoms with Crippen LogP contribution in [0.15, 0.2) is 18.2 Å². The van der Waals surface area contributed by atoms with E-state index in [1.807, 2.05) is 32.0 Å². The first-order chi connectivity index (χ1) is 8.99. The zero-order chi connectivity index (χ0) is 14.3. The van der Waals surface area contributed by atoms with E-state index in [4.69, 9.17) is 5.11 Å². The highest BCUT2D eigenvalue weighted by Crippen LogP contribution is 2.15. The summed E-state index contributed by atoms with van der Waals surface area (Å²) in [5.74, 6) is -0.806. The van der Waals surface area contributed by atoms with Crippen molar-refractivity contribution in [3.8, 4) is 0 Å². The van der Waals surface area contributed by atoms with Gasteiger partial charge < -0.3 is 15.7 Å². The standard InChI is InChI=1S/C14H20N2O3/c1-10-6-7-12(11(2)9-10)16-14(19)15-8-4-3-5-13(17)18/h6-7,9H,3-5,8H2,1-2H3,(H,17,18)(H2,15,16,19). The number of hydrogen-bond donors (Lipinski definition) is 3. The second-order valence-electron chi connectivity index (χ2n) is 4.55. The summed E-state index contributed by atoms with van der Waals surface area (Å²) in [5.41, 5.74) is 2.95. The van der Waals surface area contributed by atoms with Crippen molar-refractivity contribution >= 4 is 17.7 Å². The minimum Gasteiger partial charge on any atom is -0.481 e. The molecule has 104 valence electrons. The van der Waals surface area contributed by atoms with Crippen molar-refractivity contribution in [3.05, 3.63) is 29.3 Å². The van der Waals surface area contributed by atoms with Gasteiger partial charge in [0.15, 0.2) is 0 Å². The lowest BCUT2D eigenvalue weighted by Crippen LogP contribution is -2.29. The number of aliphatic carboxylic acids is 1. The number of anilines is 1. The summed E-state index contributed by atoms with van der Waals surface area (Å²) in [7, 11) is 0. The van der Waals surface area contributed by atoms with Crippen LogP contribution in [0.3, 0.4) is 0 Å². The van der Waals surface area contributed by atoms with Crippen molar-refractivity contribution in [2.45, 2.75) is 33.1 Å². The predicted octanol–water partition coefficient (Wildman–Crippen LogP) is 2.68. The van der Waals surface area contributed by atoms with Gasteiger partial charge in [0.25, 0.3) is 0 Å². The third-order valence-corrected chi connectivity index (χ3v) is 2.73. The van der Waals surface area contributed by atoms with E-state index in [1.54, 1.807) is 0 Å². The normalized spacial score (nSPS) is 10.0. The molecule has 2 amide bonds. The Kier molecular flexibility index (Phi) is 5.85. The molecule has 19 heavy (non-hydrogen) atoms. The highest BCUT2D eigenvalue weighted by molar-refractivity contribution is 5.90. The lowest BCUT2D eigenvalue weighted by atomic mass is 10.1. The van der Waals surface area contributed by atoms with Gasteiger partial charge in [0, 0.05) is 18.7 Å². The molecule has 0 unspecified atom stereocenters. The number of nitrogens with one attached hydrogen (secondary N) is 2.